The zero-order chi connectivity index (χ0) is 64.7. The second-order valence-electron chi connectivity index (χ2n) is 21.8. The Balaban J connectivity index is 0.000000149. The molecule has 0 amide bonds. The summed E-state index contributed by atoms with van der Waals surface area (Å²) in [6, 6.07) is 129. The Morgan fingerprint density at radius 1 is 0.221 bits per heavy atom. The van der Waals surface area contributed by atoms with Crippen LogP contribution in [0.4, 0.5) is 0 Å². The van der Waals surface area contributed by atoms with Gasteiger partial charge in [-0.3, -0.25) is 0 Å². The number of hydrogen-bond acceptors (Lipinski definition) is 3. The molecular formula is C84H82Cl2Ni2O3P4. The molecule has 3 aliphatic rings. The van der Waals surface area contributed by atoms with E-state index in [-0.39, 0.29) is 16.5 Å². The summed E-state index contributed by atoms with van der Waals surface area (Å²) in [5.74, 6) is 0. The monoisotopic (exact) mass is 1450 g/mol. The van der Waals surface area contributed by atoms with Crippen LogP contribution in [-0.2, 0) is 43.4 Å². The summed E-state index contributed by atoms with van der Waals surface area (Å²) in [6.45, 7) is 3.90. The molecule has 3 heterocycles. The van der Waals surface area contributed by atoms with E-state index in [0.717, 1.165) is 26.4 Å². The molecule has 15 rings (SSSR count). The van der Waals surface area contributed by atoms with Crippen molar-refractivity contribution < 1.29 is 43.4 Å². The van der Waals surface area contributed by atoms with Gasteiger partial charge in [-0.2, -0.15) is 0 Å². The third-order valence-electron chi connectivity index (χ3n) is 15.3. The van der Waals surface area contributed by atoms with Crippen LogP contribution in [0.15, 0.2) is 364 Å². The standard InChI is InChI=1S/4C18H15P.C8H14O2.C4H8O.2ClH.2Ni/c4*1-4-10-16(11-5-1)19(17-12-6-2-7-13-17)18-14-8-3-9-15-18;1-3-7(9-5-1)8-4-2-6-10-8;1-2-4-5-3-1;;;;/h4*1-15H;7-8H,1-6H2;1-4H2;2*1H;;/q;;;;;;;;;+2/p-2. The van der Waals surface area contributed by atoms with Crippen LogP contribution in [0.25, 0.3) is 0 Å². The van der Waals surface area contributed by atoms with Crippen LogP contribution in [0, 0.1) is 0 Å². The van der Waals surface area contributed by atoms with Gasteiger partial charge in [0, 0.05) is 42.9 Å². The van der Waals surface area contributed by atoms with E-state index >= 15 is 0 Å². The molecule has 3 fully saturated rings. The van der Waals surface area contributed by atoms with E-state index in [4.69, 9.17) is 34.6 Å². The van der Waals surface area contributed by atoms with Crippen LogP contribution in [0.5, 0.6) is 0 Å². The topological polar surface area (TPSA) is 27.7 Å². The average molecular weight is 1450 g/mol. The van der Waals surface area contributed by atoms with Crippen molar-refractivity contribution in [2.75, 3.05) is 26.4 Å². The van der Waals surface area contributed by atoms with E-state index in [1.54, 1.807) is 0 Å². The minimum Gasteiger partial charge on any atom is -0.0622 e. The summed E-state index contributed by atoms with van der Waals surface area (Å²) in [5, 5.41) is 16.8. The zero-order valence-electron chi connectivity index (χ0n) is 53.3. The van der Waals surface area contributed by atoms with Crippen molar-refractivity contribution in [2.45, 2.75) is 50.7 Å². The fourth-order valence-corrected chi connectivity index (χ4v) is 20.2. The first kappa shape index (κ1) is 74.6. The number of benzene rings is 12. The molecule has 0 radical (unpaired) electrons. The molecule has 0 bridgehead atoms. The summed E-state index contributed by atoms with van der Waals surface area (Å²) in [7, 11) is 7.62. The molecule has 2 unspecified atom stereocenters. The molecule has 3 aliphatic heterocycles. The molecule has 490 valence electrons. The van der Waals surface area contributed by atoms with Gasteiger partial charge >= 0.3 is 33.0 Å². The SMILES string of the molecule is C1CCOC1.C1COC(C2CCCO2)C1.[Cl][Ni][Cl].[Ni].c1ccc(P(c2ccccc2)c2ccccc2)cc1.c1ccc(P(c2ccccc2)c2ccccc2)cc1.c1ccc(P(c2ccccc2)c2ccccc2)cc1.c1ccc(P(c2ccccc2)c2ccccc2)cc1. The van der Waals surface area contributed by atoms with Gasteiger partial charge in [0.1, 0.15) is 0 Å². The van der Waals surface area contributed by atoms with Gasteiger partial charge < -0.3 is 14.2 Å². The fourth-order valence-electron chi connectivity index (χ4n) is 11.0. The summed E-state index contributed by atoms with van der Waals surface area (Å²) in [6.07, 6.45) is 8.30. The fraction of sp³-hybridized carbons (Fsp3) is 0.143. The molecule has 3 saturated heterocycles. The van der Waals surface area contributed by atoms with Gasteiger partial charge in [0.25, 0.3) is 0 Å². The summed E-state index contributed by atoms with van der Waals surface area (Å²) >= 11 is 0.569. The first-order chi connectivity index (χ1) is 46.7. The van der Waals surface area contributed by atoms with E-state index < -0.39 is 31.7 Å². The minimum atomic E-state index is -0.446. The Bertz CT molecular complexity index is 2950. The molecule has 0 aliphatic carbocycles. The molecule has 0 spiro atoms. The zero-order valence-corrected chi connectivity index (χ0v) is 60.3. The molecular weight excluding hydrogens is 1370 g/mol. The predicted molar refractivity (Wildman–Crippen MR) is 410 cm³/mol. The van der Waals surface area contributed by atoms with Gasteiger partial charge in [0.05, 0.1) is 12.2 Å². The van der Waals surface area contributed by atoms with Gasteiger partial charge in [-0.15, -0.1) is 0 Å². The normalized spacial score (nSPS) is 14.3. The Hall–Kier alpha value is -6.19. The van der Waals surface area contributed by atoms with E-state index in [2.05, 4.69) is 364 Å². The van der Waals surface area contributed by atoms with Gasteiger partial charge in [0.2, 0.25) is 0 Å². The van der Waals surface area contributed by atoms with Crippen LogP contribution >= 0.6 is 52.1 Å². The van der Waals surface area contributed by atoms with Gasteiger partial charge in [-0.1, -0.05) is 364 Å². The summed E-state index contributed by atoms with van der Waals surface area (Å²) in [5.41, 5.74) is 0. The Kier molecular flexibility index (Phi) is 35.0. The van der Waals surface area contributed by atoms with Crippen LogP contribution in [-0.4, -0.2) is 38.6 Å². The third-order valence-corrected chi connectivity index (χ3v) is 25.1. The molecule has 0 N–H and O–H groups in total. The Labute approximate surface area is 595 Å². The second kappa shape index (κ2) is 44.6. The summed E-state index contributed by atoms with van der Waals surface area (Å²) < 4.78 is 16.0. The van der Waals surface area contributed by atoms with Crippen LogP contribution < -0.4 is 63.7 Å². The number of hydrogen-bond donors (Lipinski definition) is 0. The molecule has 12 aromatic rings. The average Bonchev–Trinajstić information content (AvgIpc) is 1.07. The largest absolute Gasteiger partial charge is 0.0622 e. The van der Waals surface area contributed by atoms with Crippen molar-refractivity contribution in [3.63, 3.8) is 0 Å². The quantitative estimate of drug-likeness (QED) is 0.0851. The number of ether oxygens (including phenoxy) is 3. The maximum absolute atomic E-state index is 5.51. The van der Waals surface area contributed by atoms with Crippen LogP contribution in [0.3, 0.4) is 0 Å². The first-order valence-corrected chi connectivity index (χ1v) is 40.2. The Morgan fingerprint density at radius 2 is 0.358 bits per heavy atom. The molecule has 2 atom stereocenters. The summed E-state index contributed by atoms with van der Waals surface area (Å²) in [4.78, 5) is 0. The second-order valence-corrected chi connectivity index (χ2v) is 32.3. The van der Waals surface area contributed by atoms with Gasteiger partial charge in [-0.25, -0.2) is 0 Å². The first-order valence-electron chi connectivity index (χ1n) is 32.1. The maximum atomic E-state index is 5.51. The third kappa shape index (κ3) is 25.0. The van der Waals surface area contributed by atoms with Crippen LogP contribution in [0.1, 0.15) is 38.5 Å². The van der Waals surface area contributed by atoms with E-state index in [1.165, 1.54) is 102 Å². The predicted octanol–water partition coefficient (Wildman–Crippen LogP) is 17.3. The van der Waals surface area contributed by atoms with Gasteiger partial charge in [-0.05, 0) is 134 Å². The van der Waals surface area contributed by atoms with Crippen molar-refractivity contribution in [1.82, 2.24) is 0 Å². The molecule has 0 aromatic heterocycles. The molecule has 12 aromatic carbocycles. The van der Waals surface area contributed by atoms with E-state index in [1.807, 2.05) is 0 Å². The van der Waals surface area contributed by atoms with Gasteiger partial charge in [0.15, 0.2) is 0 Å². The molecule has 3 nitrogen and oxygen atoms in total. The Morgan fingerprint density at radius 3 is 0.453 bits per heavy atom. The van der Waals surface area contributed by atoms with E-state index in [0.29, 0.717) is 24.9 Å². The molecule has 11 heteroatoms. The van der Waals surface area contributed by atoms with Crippen molar-refractivity contribution in [3.8, 4) is 0 Å². The number of rotatable bonds is 13. The smallest absolute Gasteiger partial charge is 0 e. The van der Waals surface area contributed by atoms with Crippen molar-refractivity contribution >= 4 is 116 Å². The van der Waals surface area contributed by atoms with Crippen molar-refractivity contribution in [1.29, 1.82) is 0 Å². The maximum Gasteiger partial charge on any atom is 0 e. The van der Waals surface area contributed by atoms with Crippen LogP contribution in [0.2, 0.25) is 0 Å². The molecule has 95 heavy (non-hydrogen) atoms. The minimum absolute atomic E-state index is 0. The van der Waals surface area contributed by atoms with Crippen molar-refractivity contribution in [2.24, 2.45) is 0 Å². The number of halogens is 2. The van der Waals surface area contributed by atoms with Crippen molar-refractivity contribution in [3.05, 3.63) is 364 Å². The molecule has 0 saturated carbocycles. The van der Waals surface area contributed by atoms with E-state index in [9.17, 15) is 0 Å².